The van der Waals surface area contributed by atoms with E-state index in [1.54, 1.807) is 6.20 Å². The minimum atomic E-state index is -0.916. The Morgan fingerprint density at radius 3 is 2.77 bits per heavy atom. The number of aliphatic imine (C=N–C) groups is 1. The van der Waals surface area contributed by atoms with E-state index in [1.807, 2.05) is 50.4 Å². The molecule has 0 aromatic heterocycles. The summed E-state index contributed by atoms with van der Waals surface area (Å²) in [6, 6.07) is -0.478. The van der Waals surface area contributed by atoms with Crippen molar-refractivity contribution in [3.8, 4) is 0 Å². The Kier molecular flexibility index (Phi) is 7.67. The molecule has 7 heteroatoms. The van der Waals surface area contributed by atoms with Crippen molar-refractivity contribution in [3.63, 3.8) is 0 Å². The van der Waals surface area contributed by atoms with Crippen LogP contribution in [0.25, 0.3) is 0 Å². The normalized spacial score (nSPS) is 33.8. The Hall–Kier alpha value is -2.18. The molecule has 3 rings (SSSR count). The molecule has 0 bridgehead atoms. The second-order valence-corrected chi connectivity index (χ2v) is 8.58. The third-order valence-corrected chi connectivity index (χ3v) is 6.30. The average Bonchev–Trinajstić information content (AvgIpc) is 2.71. The Bertz CT molecular complexity index is 814. The van der Waals surface area contributed by atoms with Crippen LogP contribution in [0.3, 0.4) is 0 Å². The fourth-order valence-electron chi connectivity index (χ4n) is 4.68. The molecule has 0 spiro atoms. The second kappa shape index (κ2) is 10.2. The zero-order valence-corrected chi connectivity index (χ0v) is 18.1. The van der Waals surface area contributed by atoms with Gasteiger partial charge in [-0.2, -0.15) is 0 Å². The van der Waals surface area contributed by atoms with Crippen LogP contribution in [0.4, 0.5) is 0 Å². The van der Waals surface area contributed by atoms with E-state index in [0.29, 0.717) is 11.5 Å². The molecule has 30 heavy (non-hydrogen) atoms. The number of hydrogen-bond donors (Lipinski definition) is 2. The van der Waals surface area contributed by atoms with Gasteiger partial charge >= 0.3 is 11.9 Å². The summed E-state index contributed by atoms with van der Waals surface area (Å²) < 4.78 is 5.56. The molecular formula is C23H29ClN2O4. The molecule has 0 aromatic carbocycles. The molecule has 0 radical (unpaired) electrons. The number of carbonyl (C=O) groups excluding carboxylic acids is 1. The topological polar surface area (TPSA) is 88.0 Å². The van der Waals surface area contributed by atoms with Gasteiger partial charge in [0.2, 0.25) is 0 Å². The predicted molar refractivity (Wildman–Crippen MR) is 117 cm³/mol. The fourth-order valence-corrected chi connectivity index (χ4v) is 4.93. The van der Waals surface area contributed by atoms with Gasteiger partial charge in [0.05, 0.1) is 11.8 Å². The van der Waals surface area contributed by atoms with Gasteiger partial charge in [0, 0.05) is 41.4 Å². The molecule has 1 saturated heterocycles. The highest BCUT2D eigenvalue weighted by Crippen LogP contribution is 2.41. The Balaban J connectivity index is 1.76. The van der Waals surface area contributed by atoms with E-state index in [0.717, 1.165) is 18.4 Å². The van der Waals surface area contributed by atoms with Gasteiger partial charge in [0.1, 0.15) is 6.61 Å². The van der Waals surface area contributed by atoms with Crippen molar-refractivity contribution in [1.82, 2.24) is 5.32 Å². The number of piperidine rings is 1. The van der Waals surface area contributed by atoms with Crippen molar-refractivity contribution < 1.29 is 19.4 Å². The minimum absolute atomic E-state index is 0.149. The van der Waals surface area contributed by atoms with Gasteiger partial charge in [-0.15, -0.1) is 0 Å². The first-order chi connectivity index (χ1) is 14.4. The SMILES string of the molecule is CC1NC(C)C(C(=O)OC/C=C/C2C=NC=CC2)C(C2=CC(Cl)=CCC2)C1C(=O)O. The molecule has 6 nitrogen and oxygen atoms in total. The number of ether oxygens (including phenoxy) is 1. The lowest BCUT2D eigenvalue weighted by molar-refractivity contribution is -0.157. The molecule has 162 valence electrons. The van der Waals surface area contributed by atoms with E-state index < -0.39 is 23.7 Å². The number of aliphatic carboxylic acids is 1. The van der Waals surface area contributed by atoms with Crippen LogP contribution in [0, 0.1) is 23.7 Å². The number of halogens is 1. The Morgan fingerprint density at radius 1 is 1.33 bits per heavy atom. The van der Waals surface area contributed by atoms with E-state index in [9.17, 15) is 14.7 Å². The molecule has 3 aliphatic rings. The van der Waals surface area contributed by atoms with Crippen molar-refractivity contribution in [2.24, 2.45) is 28.7 Å². The number of esters is 1. The van der Waals surface area contributed by atoms with Crippen LogP contribution in [0.1, 0.15) is 33.1 Å². The summed E-state index contributed by atoms with van der Waals surface area (Å²) in [4.78, 5) is 29.3. The lowest BCUT2D eigenvalue weighted by Gasteiger charge is -2.44. The molecule has 2 N–H and O–H groups in total. The van der Waals surface area contributed by atoms with Gasteiger partial charge in [0.15, 0.2) is 0 Å². The Labute approximate surface area is 182 Å². The first-order valence-electron chi connectivity index (χ1n) is 10.4. The van der Waals surface area contributed by atoms with Crippen molar-refractivity contribution in [2.75, 3.05) is 6.61 Å². The maximum atomic E-state index is 13.1. The number of hydrogen-bond acceptors (Lipinski definition) is 5. The first-order valence-corrected chi connectivity index (χ1v) is 10.8. The summed E-state index contributed by atoms with van der Waals surface area (Å²) >= 11 is 6.22. The Morgan fingerprint density at radius 2 is 2.10 bits per heavy atom. The van der Waals surface area contributed by atoms with Gasteiger partial charge < -0.3 is 15.2 Å². The minimum Gasteiger partial charge on any atom is -0.481 e. The number of carboxylic acid groups (broad SMARTS) is 1. The van der Waals surface area contributed by atoms with Crippen LogP contribution in [-0.4, -0.2) is 42.0 Å². The van der Waals surface area contributed by atoms with Crippen LogP contribution in [0.2, 0.25) is 0 Å². The molecular weight excluding hydrogens is 404 g/mol. The van der Waals surface area contributed by atoms with Gasteiger partial charge in [-0.3, -0.25) is 14.6 Å². The summed E-state index contributed by atoms with van der Waals surface area (Å²) in [6.07, 6.45) is 15.5. The summed E-state index contributed by atoms with van der Waals surface area (Å²) in [5, 5.41) is 13.8. The number of carbonyl (C=O) groups is 2. The first kappa shape index (κ1) is 22.5. The number of nitrogens with zero attached hydrogens (tertiary/aromatic N) is 1. The molecule has 2 heterocycles. The third kappa shape index (κ3) is 5.29. The van der Waals surface area contributed by atoms with Crippen LogP contribution < -0.4 is 5.32 Å². The molecule has 6 atom stereocenters. The van der Waals surface area contributed by atoms with E-state index >= 15 is 0 Å². The maximum Gasteiger partial charge on any atom is 0.311 e. The van der Waals surface area contributed by atoms with Crippen LogP contribution in [0.5, 0.6) is 0 Å². The zero-order valence-electron chi connectivity index (χ0n) is 17.3. The van der Waals surface area contributed by atoms with Crippen molar-refractivity contribution in [3.05, 3.63) is 47.2 Å². The zero-order chi connectivity index (χ0) is 21.7. The van der Waals surface area contributed by atoms with E-state index in [4.69, 9.17) is 16.3 Å². The lowest BCUT2D eigenvalue weighted by Crippen LogP contribution is -2.59. The number of nitrogens with one attached hydrogen (secondary N) is 1. The highest BCUT2D eigenvalue weighted by atomic mass is 35.5. The van der Waals surface area contributed by atoms with Gasteiger partial charge in [-0.05, 0) is 39.2 Å². The molecule has 1 fully saturated rings. The van der Waals surface area contributed by atoms with Gasteiger partial charge in [-0.25, -0.2) is 0 Å². The standard InChI is InChI=1S/C23H29ClN2O4/c1-14-19(22(27)28)21(17-8-3-9-18(24)12-17)20(15(2)26-14)23(29)30-11-5-7-16-6-4-10-25-13-16/h4-5,7,9-10,12-16,19-21,26H,3,6,8,11H2,1-2H3,(H,27,28)/b7-5+. The van der Waals surface area contributed by atoms with E-state index in [1.165, 1.54) is 0 Å². The monoisotopic (exact) mass is 432 g/mol. The highest BCUT2D eigenvalue weighted by Gasteiger charge is 2.49. The molecule has 1 aliphatic carbocycles. The number of allylic oxidation sites excluding steroid dienone is 6. The number of rotatable bonds is 6. The van der Waals surface area contributed by atoms with Gasteiger partial charge in [-0.1, -0.05) is 41.5 Å². The summed E-state index contributed by atoms with van der Waals surface area (Å²) in [6.45, 7) is 3.92. The predicted octanol–water partition coefficient (Wildman–Crippen LogP) is 3.85. The highest BCUT2D eigenvalue weighted by molar-refractivity contribution is 6.31. The molecule has 0 saturated carbocycles. The van der Waals surface area contributed by atoms with E-state index in [-0.39, 0.29) is 30.6 Å². The van der Waals surface area contributed by atoms with Crippen molar-refractivity contribution in [2.45, 2.75) is 45.2 Å². The van der Waals surface area contributed by atoms with Crippen molar-refractivity contribution >= 4 is 29.8 Å². The number of carboxylic acids is 1. The summed E-state index contributed by atoms with van der Waals surface area (Å²) in [5.74, 6) is -2.87. The molecule has 6 unspecified atom stereocenters. The summed E-state index contributed by atoms with van der Waals surface area (Å²) in [7, 11) is 0. The van der Waals surface area contributed by atoms with Crippen LogP contribution in [-0.2, 0) is 14.3 Å². The van der Waals surface area contributed by atoms with Crippen LogP contribution >= 0.6 is 11.6 Å². The molecule has 0 amide bonds. The lowest BCUT2D eigenvalue weighted by atomic mass is 9.66. The quantitative estimate of drug-likeness (QED) is 0.491. The van der Waals surface area contributed by atoms with Crippen LogP contribution in [0.15, 0.2) is 52.2 Å². The molecule has 0 aromatic rings. The average molecular weight is 433 g/mol. The van der Waals surface area contributed by atoms with Gasteiger partial charge in [0.25, 0.3) is 0 Å². The van der Waals surface area contributed by atoms with E-state index in [2.05, 4.69) is 10.3 Å². The maximum absolute atomic E-state index is 13.1. The van der Waals surface area contributed by atoms with Crippen molar-refractivity contribution in [1.29, 1.82) is 0 Å². The third-order valence-electron chi connectivity index (χ3n) is 6.04. The second-order valence-electron chi connectivity index (χ2n) is 8.15. The molecule has 2 aliphatic heterocycles. The fraction of sp³-hybridized carbons (Fsp3) is 0.522. The smallest absolute Gasteiger partial charge is 0.311 e. The summed E-state index contributed by atoms with van der Waals surface area (Å²) in [5.41, 5.74) is 0.915. The largest absolute Gasteiger partial charge is 0.481 e.